The minimum Gasteiger partial charge on any atom is -0.396 e. The van der Waals surface area contributed by atoms with Gasteiger partial charge in [-0.1, -0.05) is 6.08 Å². The number of ether oxygens (including phenoxy) is 1. The van der Waals surface area contributed by atoms with Crippen molar-refractivity contribution in [2.24, 2.45) is 5.41 Å². The first kappa shape index (κ1) is 8.27. The van der Waals surface area contributed by atoms with Crippen LogP contribution in [0.15, 0.2) is 12.7 Å². The van der Waals surface area contributed by atoms with Gasteiger partial charge in [-0.05, 0) is 25.7 Å². The summed E-state index contributed by atoms with van der Waals surface area (Å²) in [7, 11) is 0. The first-order valence-electron chi connectivity index (χ1n) is 4.63. The van der Waals surface area contributed by atoms with Crippen molar-refractivity contribution < 1.29 is 9.84 Å². The summed E-state index contributed by atoms with van der Waals surface area (Å²) in [5.41, 5.74) is 0.0433. The van der Waals surface area contributed by atoms with Crippen molar-refractivity contribution in [2.45, 2.75) is 31.3 Å². The van der Waals surface area contributed by atoms with Crippen LogP contribution >= 0.6 is 0 Å². The third kappa shape index (κ3) is 1.02. The molecule has 3 aliphatic rings. The molecule has 0 radical (unpaired) electrons. The molecule has 2 heteroatoms. The Balaban J connectivity index is 2.14. The van der Waals surface area contributed by atoms with E-state index in [2.05, 4.69) is 6.58 Å². The van der Waals surface area contributed by atoms with E-state index in [1.807, 2.05) is 6.08 Å². The highest BCUT2D eigenvalue weighted by Crippen LogP contribution is 2.48. The molecule has 0 unspecified atom stereocenters. The molecule has 3 fully saturated rings. The van der Waals surface area contributed by atoms with Crippen molar-refractivity contribution in [1.82, 2.24) is 0 Å². The van der Waals surface area contributed by atoms with Crippen LogP contribution in [-0.4, -0.2) is 23.9 Å². The van der Waals surface area contributed by atoms with E-state index in [4.69, 9.17) is 4.74 Å². The Morgan fingerprint density at radius 1 is 1.33 bits per heavy atom. The molecule has 0 amide bonds. The van der Waals surface area contributed by atoms with Gasteiger partial charge in [0.2, 0.25) is 0 Å². The standard InChI is InChI=1S/C10H16O2/c1-2-10-5-3-9(7-11,4-6-10)8-12-10/h2,11H,1,3-8H2. The van der Waals surface area contributed by atoms with Gasteiger partial charge in [0.05, 0.1) is 18.8 Å². The topological polar surface area (TPSA) is 29.5 Å². The van der Waals surface area contributed by atoms with Crippen molar-refractivity contribution >= 4 is 0 Å². The zero-order valence-corrected chi connectivity index (χ0v) is 7.38. The van der Waals surface area contributed by atoms with E-state index in [1.165, 1.54) is 0 Å². The maximum atomic E-state index is 9.22. The summed E-state index contributed by atoms with van der Waals surface area (Å²) < 4.78 is 5.73. The second kappa shape index (κ2) is 2.57. The van der Waals surface area contributed by atoms with Crippen molar-refractivity contribution in [3.8, 4) is 0 Å². The lowest BCUT2D eigenvalue weighted by Crippen LogP contribution is -2.51. The van der Waals surface area contributed by atoms with Crippen LogP contribution in [0.5, 0.6) is 0 Å². The van der Waals surface area contributed by atoms with Crippen LogP contribution in [0.25, 0.3) is 0 Å². The average Bonchev–Trinajstić information content (AvgIpc) is 2.21. The maximum absolute atomic E-state index is 9.22. The Morgan fingerprint density at radius 2 is 2.00 bits per heavy atom. The summed E-state index contributed by atoms with van der Waals surface area (Å²) in [6.45, 7) is 4.81. The highest BCUT2D eigenvalue weighted by atomic mass is 16.5. The second-order valence-electron chi connectivity index (χ2n) is 4.22. The highest BCUT2D eigenvalue weighted by molar-refractivity contribution is 5.07. The molecule has 2 heterocycles. The molecule has 2 aliphatic heterocycles. The highest BCUT2D eigenvalue weighted by Gasteiger charge is 2.47. The zero-order chi connectivity index (χ0) is 8.66. The van der Waals surface area contributed by atoms with Gasteiger partial charge in [0.1, 0.15) is 0 Å². The molecule has 2 bridgehead atoms. The van der Waals surface area contributed by atoms with E-state index in [-0.39, 0.29) is 17.6 Å². The largest absolute Gasteiger partial charge is 0.396 e. The molecule has 0 spiro atoms. The van der Waals surface area contributed by atoms with Crippen LogP contribution < -0.4 is 0 Å². The molecule has 2 nitrogen and oxygen atoms in total. The van der Waals surface area contributed by atoms with Gasteiger partial charge in [0, 0.05) is 5.41 Å². The fraction of sp³-hybridized carbons (Fsp3) is 0.800. The Bertz CT molecular complexity index is 173. The quantitative estimate of drug-likeness (QED) is 0.633. The van der Waals surface area contributed by atoms with Crippen molar-refractivity contribution in [2.75, 3.05) is 13.2 Å². The van der Waals surface area contributed by atoms with E-state index in [9.17, 15) is 5.11 Å². The van der Waals surface area contributed by atoms with Crippen molar-refractivity contribution in [1.29, 1.82) is 0 Å². The van der Waals surface area contributed by atoms with Gasteiger partial charge in [0.15, 0.2) is 0 Å². The number of aliphatic hydroxyl groups is 1. The van der Waals surface area contributed by atoms with Crippen LogP contribution in [-0.2, 0) is 4.74 Å². The van der Waals surface area contributed by atoms with Crippen LogP contribution in [0.2, 0.25) is 0 Å². The van der Waals surface area contributed by atoms with E-state index in [0.29, 0.717) is 0 Å². The molecule has 0 atom stereocenters. The van der Waals surface area contributed by atoms with Gasteiger partial charge in [-0.25, -0.2) is 0 Å². The van der Waals surface area contributed by atoms with E-state index < -0.39 is 0 Å². The molecule has 2 saturated heterocycles. The Kier molecular flexibility index (Phi) is 1.77. The predicted octanol–water partition coefficient (Wildman–Crippen LogP) is 1.49. The molecule has 1 aliphatic carbocycles. The van der Waals surface area contributed by atoms with Crippen LogP contribution in [0.4, 0.5) is 0 Å². The molecule has 0 aromatic carbocycles. The number of rotatable bonds is 2. The lowest BCUT2D eigenvalue weighted by molar-refractivity contribution is -0.170. The number of fused-ring (bicyclic) bond motifs is 3. The van der Waals surface area contributed by atoms with Crippen molar-refractivity contribution in [3.63, 3.8) is 0 Å². The monoisotopic (exact) mass is 168 g/mol. The van der Waals surface area contributed by atoms with Crippen LogP contribution in [0, 0.1) is 5.41 Å². The Labute approximate surface area is 73.2 Å². The first-order valence-corrected chi connectivity index (χ1v) is 4.63. The van der Waals surface area contributed by atoms with Crippen LogP contribution in [0.3, 0.4) is 0 Å². The lowest BCUT2D eigenvalue weighted by atomic mass is 9.66. The summed E-state index contributed by atoms with van der Waals surface area (Å²) >= 11 is 0. The lowest BCUT2D eigenvalue weighted by Gasteiger charge is -2.51. The summed E-state index contributed by atoms with van der Waals surface area (Å²) in [6.07, 6.45) is 6.20. The molecular weight excluding hydrogens is 152 g/mol. The molecular formula is C10H16O2. The van der Waals surface area contributed by atoms with Crippen LogP contribution in [0.1, 0.15) is 25.7 Å². The summed E-state index contributed by atoms with van der Waals surface area (Å²) in [5.74, 6) is 0. The molecule has 0 aromatic rings. The summed E-state index contributed by atoms with van der Waals surface area (Å²) in [5, 5.41) is 9.22. The Morgan fingerprint density at radius 3 is 2.33 bits per heavy atom. The minimum atomic E-state index is -0.0447. The molecule has 68 valence electrons. The average molecular weight is 168 g/mol. The van der Waals surface area contributed by atoms with Gasteiger partial charge < -0.3 is 9.84 Å². The molecule has 1 N–H and O–H groups in total. The second-order valence-corrected chi connectivity index (χ2v) is 4.22. The van der Waals surface area contributed by atoms with E-state index in [1.54, 1.807) is 0 Å². The predicted molar refractivity (Wildman–Crippen MR) is 46.9 cm³/mol. The number of aliphatic hydroxyl groups excluding tert-OH is 1. The van der Waals surface area contributed by atoms with Gasteiger partial charge >= 0.3 is 0 Å². The van der Waals surface area contributed by atoms with Gasteiger partial charge in [-0.15, -0.1) is 6.58 Å². The first-order chi connectivity index (χ1) is 5.74. The third-order valence-electron chi connectivity index (χ3n) is 3.53. The Hall–Kier alpha value is -0.340. The van der Waals surface area contributed by atoms with E-state index >= 15 is 0 Å². The molecule has 1 saturated carbocycles. The maximum Gasteiger partial charge on any atom is 0.0860 e. The fourth-order valence-electron chi connectivity index (χ4n) is 2.26. The third-order valence-corrected chi connectivity index (χ3v) is 3.53. The zero-order valence-electron chi connectivity index (χ0n) is 7.38. The van der Waals surface area contributed by atoms with Gasteiger partial charge in [0.25, 0.3) is 0 Å². The normalized spacial score (nSPS) is 46.1. The minimum absolute atomic E-state index is 0.0447. The number of hydrogen-bond donors (Lipinski definition) is 1. The molecule has 0 aromatic heterocycles. The van der Waals surface area contributed by atoms with Gasteiger partial charge in [-0.2, -0.15) is 0 Å². The van der Waals surface area contributed by atoms with E-state index in [0.717, 1.165) is 32.3 Å². The SMILES string of the molecule is C=CC12CCC(CO)(CC1)CO2. The van der Waals surface area contributed by atoms with Gasteiger partial charge in [-0.3, -0.25) is 0 Å². The molecule has 3 rings (SSSR count). The molecule has 12 heavy (non-hydrogen) atoms. The van der Waals surface area contributed by atoms with Crippen molar-refractivity contribution in [3.05, 3.63) is 12.7 Å². The summed E-state index contributed by atoms with van der Waals surface area (Å²) in [4.78, 5) is 0. The smallest absolute Gasteiger partial charge is 0.0860 e. The number of hydrogen-bond acceptors (Lipinski definition) is 2. The fourth-order valence-corrected chi connectivity index (χ4v) is 2.26. The summed E-state index contributed by atoms with van der Waals surface area (Å²) in [6, 6.07) is 0.